The lowest BCUT2D eigenvalue weighted by Crippen LogP contribution is -2.34. The van der Waals surface area contributed by atoms with E-state index >= 15 is 0 Å². The summed E-state index contributed by atoms with van der Waals surface area (Å²) in [5.41, 5.74) is 1.12. The Morgan fingerprint density at radius 1 is 1.37 bits per heavy atom. The van der Waals surface area contributed by atoms with Crippen molar-refractivity contribution in [2.45, 2.75) is 18.2 Å². The number of carbonyl (C=O) groups is 1. The van der Waals surface area contributed by atoms with Gasteiger partial charge in [-0.3, -0.25) is 4.79 Å². The first-order valence-corrected chi connectivity index (χ1v) is 6.73. The van der Waals surface area contributed by atoms with Crippen molar-refractivity contribution in [1.82, 2.24) is 14.9 Å². The van der Waals surface area contributed by atoms with E-state index in [4.69, 9.17) is 0 Å². The number of rotatable bonds is 6. The van der Waals surface area contributed by atoms with Gasteiger partial charge in [-0.05, 0) is 12.0 Å². The highest BCUT2D eigenvalue weighted by atomic mass is 32.1. The predicted molar refractivity (Wildman–Crippen MR) is 78.2 cm³/mol. The van der Waals surface area contributed by atoms with E-state index in [2.05, 4.69) is 22.9 Å². The quantitative estimate of drug-likeness (QED) is 0.786. The molecule has 0 saturated carbocycles. The van der Waals surface area contributed by atoms with Crippen LogP contribution in [0.15, 0.2) is 49.1 Å². The molecule has 0 aliphatic heterocycles. The highest BCUT2D eigenvalue weighted by molar-refractivity contribution is 7.81. The molecule has 4 nitrogen and oxygen atoms in total. The minimum absolute atomic E-state index is 0.0349. The Bertz CT molecular complexity index is 499. The van der Waals surface area contributed by atoms with Crippen molar-refractivity contribution in [1.29, 1.82) is 0 Å². The number of nitrogens with zero attached hydrogens (tertiary/aromatic N) is 2. The molecule has 2 rings (SSSR count). The summed E-state index contributed by atoms with van der Waals surface area (Å²) < 4.78 is 1.92. The third-order valence-corrected chi connectivity index (χ3v) is 3.22. The second-order valence-corrected chi connectivity index (χ2v) is 4.92. The molecule has 1 aromatic carbocycles. The number of nitrogens with one attached hydrogen (secondary N) is 1. The molecule has 1 N–H and O–H groups in total. The van der Waals surface area contributed by atoms with Gasteiger partial charge in [-0.1, -0.05) is 30.3 Å². The molecule has 100 valence electrons. The van der Waals surface area contributed by atoms with E-state index in [1.165, 1.54) is 0 Å². The van der Waals surface area contributed by atoms with Gasteiger partial charge in [0.25, 0.3) is 0 Å². The van der Waals surface area contributed by atoms with Crippen LogP contribution in [-0.4, -0.2) is 27.3 Å². The lowest BCUT2D eigenvalue weighted by Gasteiger charge is -2.11. The largest absolute Gasteiger partial charge is 0.353 e. The third kappa shape index (κ3) is 4.44. The SMILES string of the molecule is O=C(NCCn1ccnc1)C(S)Cc1ccccc1. The van der Waals surface area contributed by atoms with Crippen LogP contribution >= 0.6 is 12.6 Å². The first-order valence-electron chi connectivity index (χ1n) is 6.21. The van der Waals surface area contributed by atoms with Gasteiger partial charge >= 0.3 is 0 Å². The Morgan fingerprint density at radius 2 is 2.16 bits per heavy atom. The van der Waals surface area contributed by atoms with Crippen molar-refractivity contribution >= 4 is 18.5 Å². The third-order valence-electron chi connectivity index (χ3n) is 2.80. The first kappa shape index (κ1) is 13.7. The van der Waals surface area contributed by atoms with Gasteiger partial charge in [0.15, 0.2) is 0 Å². The molecule has 1 aromatic heterocycles. The van der Waals surface area contributed by atoms with E-state index < -0.39 is 0 Å². The average Bonchev–Trinajstić information content (AvgIpc) is 2.93. The van der Waals surface area contributed by atoms with Crippen LogP contribution in [0.4, 0.5) is 0 Å². The zero-order chi connectivity index (χ0) is 13.5. The highest BCUT2D eigenvalue weighted by Gasteiger charge is 2.13. The van der Waals surface area contributed by atoms with Crippen molar-refractivity contribution in [3.05, 3.63) is 54.6 Å². The number of hydrogen-bond acceptors (Lipinski definition) is 3. The Morgan fingerprint density at radius 3 is 2.84 bits per heavy atom. The minimum Gasteiger partial charge on any atom is -0.353 e. The molecule has 1 unspecified atom stereocenters. The fraction of sp³-hybridized carbons (Fsp3) is 0.286. The second-order valence-electron chi connectivity index (χ2n) is 4.30. The first-order chi connectivity index (χ1) is 9.25. The van der Waals surface area contributed by atoms with Gasteiger partial charge in [-0.15, -0.1) is 0 Å². The molecule has 1 atom stereocenters. The topological polar surface area (TPSA) is 46.9 Å². The van der Waals surface area contributed by atoms with Gasteiger partial charge < -0.3 is 9.88 Å². The van der Waals surface area contributed by atoms with Crippen molar-refractivity contribution in [2.75, 3.05) is 6.54 Å². The second kappa shape index (κ2) is 6.99. The molecule has 1 heterocycles. The van der Waals surface area contributed by atoms with Gasteiger partial charge in [-0.25, -0.2) is 4.98 Å². The van der Waals surface area contributed by atoms with Gasteiger partial charge in [0.1, 0.15) is 0 Å². The van der Waals surface area contributed by atoms with Crippen LogP contribution in [0.3, 0.4) is 0 Å². The molecule has 0 spiro atoms. The molecule has 1 amide bonds. The van der Waals surface area contributed by atoms with E-state index in [1.54, 1.807) is 12.5 Å². The molecular formula is C14H17N3OS. The fourth-order valence-electron chi connectivity index (χ4n) is 1.78. The Kier molecular flexibility index (Phi) is 5.03. The predicted octanol–water partition coefficient (Wildman–Crippen LogP) is 1.54. The van der Waals surface area contributed by atoms with Crippen LogP contribution in [-0.2, 0) is 17.8 Å². The maximum absolute atomic E-state index is 11.9. The summed E-state index contributed by atoms with van der Waals surface area (Å²) >= 11 is 4.35. The van der Waals surface area contributed by atoms with E-state index in [-0.39, 0.29) is 11.2 Å². The van der Waals surface area contributed by atoms with Gasteiger partial charge in [0.2, 0.25) is 5.91 Å². The van der Waals surface area contributed by atoms with Crippen LogP contribution in [0.1, 0.15) is 5.56 Å². The Balaban J connectivity index is 1.73. The van der Waals surface area contributed by atoms with Gasteiger partial charge in [0.05, 0.1) is 11.6 Å². The molecule has 0 aliphatic carbocycles. The van der Waals surface area contributed by atoms with Crippen LogP contribution in [0.5, 0.6) is 0 Å². The summed E-state index contributed by atoms with van der Waals surface area (Å²) in [6.45, 7) is 1.30. The molecule has 19 heavy (non-hydrogen) atoms. The summed E-state index contributed by atoms with van der Waals surface area (Å²) in [5.74, 6) is -0.0349. The van der Waals surface area contributed by atoms with Crippen molar-refractivity contribution in [2.24, 2.45) is 0 Å². The normalized spacial score (nSPS) is 12.1. The number of benzene rings is 1. The van der Waals surface area contributed by atoms with Crippen molar-refractivity contribution < 1.29 is 4.79 Å². The maximum atomic E-state index is 11.9. The van der Waals surface area contributed by atoms with Crippen LogP contribution in [0.25, 0.3) is 0 Å². The standard InChI is InChI=1S/C14H17N3OS/c18-14(16-7-9-17-8-6-15-11-17)13(19)10-12-4-2-1-3-5-12/h1-6,8,11,13,19H,7,9-10H2,(H,16,18). The number of thiol groups is 1. The van der Waals surface area contributed by atoms with Crippen LogP contribution in [0.2, 0.25) is 0 Å². The van der Waals surface area contributed by atoms with Gasteiger partial charge in [-0.2, -0.15) is 12.6 Å². The summed E-state index contributed by atoms with van der Waals surface area (Å²) in [6.07, 6.45) is 5.96. The van der Waals surface area contributed by atoms with Crippen LogP contribution in [0, 0.1) is 0 Å². The highest BCUT2D eigenvalue weighted by Crippen LogP contribution is 2.07. The Hall–Kier alpha value is -1.75. The monoisotopic (exact) mass is 275 g/mol. The zero-order valence-corrected chi connectivity index (χ0v) is 11.5. The number of imidazole rings is 1. The lowest BCUT2D eigenvalue weighted by atomic mass is 10.1. The number of hydrogen-bond donors (Lipinski definition) is 2. The Labute approximate surface area is 118 Å². The molecule has 0 radical (unpaired) electrons. The summed E-state index contributed by atoms with van der Waals surface area (Å²) in [6, 6.07) is 9.89. The molecule has 5 heteroatoms. The van der Waals surface area contributed by atoms with Gasteiger partial charge in [0, 0.05) is 25.5 Å². The van der Waals surface area contributed by atoms with E-state index in [0.29, 0.717) is 13.0 Å². The summed E-state index contributed by atoms with van der Waals surface area (Å²) in [4.78, 5) is 15.8. The molecule has 2 aromatic rings. The van der Waals surface area contributed by atoms with E-state index in [1.807, 2.05) is 41.1 Å². The zero-order valence-electron chi connectivity index (χ0n) is 10.6. The average molecular weight is 275 g/mol. The number of amides is 1. The van der Waals surface area contributed by atoms with Crippen LogP contribution < -0.4 is 5.32 Å². The molecule has 0 saturated heterocycles. The number of aromatic nitrogens is 2. The molecule has 0 fully saturated rings. The lowest BCUT2D eigenvalue weighted by molar-refractivity contribution is -0.120. The number of carbonyl (C=O) groups excluding carboxylic acids is 1. The van der Waals surface area contributed by atoms with E-state index in [9.17, 15) is 4.79 Å². The summed E-state index contributed by atoms with van der Waals surface area (Å²) in [5, 5.41) is 2.56. The van der Waals surface area contributed by atoms with Crippen molar-refractivity contribution in [3.8, 4) is 0 Å². The smallest absolute Gasteiger partial charge is 0.233 e. The minimum atomic E-state index is -0.315. The molecule has 0 aliphatic rings. The molecular weight excluding hydrogens is 258 g/mol. The van der Waals surface area contributed by atoms with E-state index in [0.717, 1.165) is 12.1 Å². The fourth-order valence-corrected chi connectivity index (χ4v) is 2.08. The summed E-state index contributed by atoms with van der Waals surface area (Å²) in [7, 11) is 0. The maximum Gasteiger partial charge on any atom is 0.233 e. The van der Waals surface area contributed by atoms with Crippen molar-refractivity contribution in [3.63, 3.8) is 0 Å². The molecule has 0 bridgehead atoms.